The molecule has 3 aromatic rings. The van der Waals surface area contributed by atoms with Gasteiger partial charge in [-0.15, -0.1) is 10.2 Å². The molecule has 0 aliphatic heterocycles. The van der Waals surface area contributed by atoms with E-state index < -0.39 is 6.10 Å². The Bertz CT molecular complexity index is 788. The van der Waals surface area contributed by atoms with Crippen LogP contribution < -0.4 is 4.74 Å². The quantitative estimate of drug-likeness (QED) is 0.592. The van der Waals surface area contributed by atoms with E-state index in [0.717, 1.165) is 5.75 Å². The molecule has 0 aliphatic carbocycles. The van der Waals surface area contributed by atoms with Crippen molar-refractivity contribution in [3.05, 3.63) is 71.4 Å². The van der Waals surface area contributed by atoms with Crippen LogP contribution in [-0.4, -0.2) is 10.2 Å². The predicted molar refractivity (Wildman–Crippen MR) is 90.5 cm³/mol. The van der Waals surface area contributed by atoms with Crippen molar-refractivity contribution in [3.8, 4) is 5.75 Å². The number of benzene rings is 2. The molecule has 0 amide bonds. The van der Waals surface area contributed by atoms with E-state index in [1.54, 1.807) is 12.1 Å². The zero-order valence-electron chi connectivity index (χ0n) is 13.4. The van der Waals surface area contributed by atoms with Crippen LogP contribution >= 0.6 is 11.8 Å². The van der Waals surface area contributed by atoms with Crippen LogP contribution in [0.3, 0.4) is 0 Å². The molecule has 124 valence electrons. The molecule has 0 aliphatic rings. The molecule has 0 spiro atoms. The lowest BCUT2D eigenvalue weighted by Gasteiger charge is -2.10. The van der Waals surface area contributed by atoms with Gasteiger partial charge in [-0.3, -0.25) is 0 Å². The van der Waals surface area contributed by atoms with Crippen molar-refractivity contribution < 1.29 is 13.5 Å². The van der Waals surface area contributed by atoms with Crippen LogP contribution in [0, 0.1) is 12.7 Å². The van der Waals surface area contributed by atoms with Crippen molar-refractivity contribution in [2.75, 3.05) is 0 Å². The number of aromatic nitrogens is 2. The molecule has 2 aromatic carbocycles. The van der Waals surface area contributed by atoms with E-state index in [0.29, 0.717) is 16.9 Å². The van der Waals surface area contributed by atoms with E-state index in [1.807, 2.05) is 6.92 Å². The van der Waals surface area contributed by atoms with Gasteiger partial charge < -0.3 is 9.15 Å². The smallest absolute Gasteiger partial charge is 0.277 e. The number of nitrogens with zero attached hydrogens (tertiary/aromatic N) is 2. The van der Waals surface area contributed by atoms with Crippen molar-refractivity contribution in [2.24, 2.45) is 0 Å². The van der Waals surface area contributed by atoms with Gasteiger partial charge in [0.25, 0.3) is 11.1 Å². The molecule has 0 saturated carbocycles. The number of hydrogen-bond donors (Lipinski definition) is 0. The van der Waals surface area contributed by atoms with E-state index >= 15 is 0 Å². The van der Waals surface area contributed by atoms with Gasteiger partial charge in [0.1, 0.15) is 11.6 Å². The van der Waals surface area contributed by atoms with Crippen LogP contribution in [0.15, 0.2) is 58.2 Å². The summed E-state index contributed by atoms with van der Waals surface area (Å²) in [5.74, 6) is 1.40. The normalized spacial score (nSPS) is 12.1. The predicted octanol–water partition coefficient (Wildman–Crippen LogP) is 4.95. The van der Waals surface area contributed by atoms with E-state index in [1.165, 1.54) is 35.0 Å². The van der Waals surface area contributed by atoms with Crippen molar-refractivity contribution in [3.63, 3.8) is 0 Å². The van der Waals surface area contributed by atoms with E-state index in [-0.39, 0.29) is 5.82 Å². The minimum Gasteiger partial charge on any atom is -0.481 e. The lowest BCUT2D eigenvalue weighted by atomic mass is 10.2. The second kappa shape index (κ2) is 7.49. The first kappa shape index (κ1) is 16.5. The maximum absolute atomic E-state index is 12.9. The first-order valence-electron chi connectivity index (χ1n) is 7.54. The van der Waals surface area contributed by atoms with Gasteiger partial charge in [0.2, 0.25) is 0 Å². The fourth-order valence-corrected chi connectivity index (χ4v) is 2.77. The van der Waals surface area contributed by atoms with Crippen molar-refractivity contribution in [1.29, 1.82) is 0 Å². The maximum Gasteiger partial charge on any atom is 0.277 e. The summed E-state index contributed by atoms with van der Waals surface area (Å²) in [6.07, 6.45) is -0.406. The molecular weight excluding hydrogens is 327 g/mol. The number of halogens is 1. The summed E-state index contributed by atoms with van der Waals surface area (Å²) >= 11 is 1.48. The Balaban J connectivity index is 1.58. The van der Waals surface area contributed by atoms with E-state index in [2.05, 4.69) is 41.4 Å². The van der Waals surface area contributed by atoms with Crippen molar-refractivity contribution in [2.45, 2.75) is 30.9 Å². The molecule has 1 atom stereocenters. The minimum absolute atomic E-state index is 0.303. The molecule has 24 heavy (non-hydrogen) atoms. The third kappa shape index (κ3) is 4.35. The van der Waals surface area contributed by atoms with Gasteiger partial charge in [-0.25, -0.2) is 4.39 Å². The summed E-state index contributed by atoms with van der Waals surface area (Å²) in [4.78, 5) is 0. The molecule has 0 saturated heterocycles. The van der Waals surface area contributed by atoms with Crippen LogP contribution in [-0.2, 0) is 5.75 Å². The average Bonchev–Trinajstić information content (AvgIpc) is 3.06. The van der Waals surface area contributed by atoms with Gasteiger partial charge in [0, 0.05) is 5.75 Å². The summed E-state index contributed by atoms with van der Waals surface area (Å²) in [7, 11) is 0. The Morgan fingerprint density at radius 2 is 1.79 bits per heavy atom. The zero-order chi connectivity index (χ0) is 16.9. The number of hydrogen-bond acceptors (Lipinski definition) is 5. The molecule has 6 heteroatoms. The molecule has 4 nitrogen and oxygen atoms in total. The van der Waals surface area contributed by atoms with Gasteiger partial charge in [-0.2, -0.15) is 0 Å². The van der Waals surface area contributed by atoms with Crippen LogP contribution in [0.25, 0.3) is 0 Å². The Labute approximate surface area is 144 Å². The molecule has 1 aromatic heterocycles. The average molecular weight is 344 g/mol. The summed E-state index contributed by atoms with van der Waals surface area (Å²) < 4.78 is 24.2. The molecule has 0 bridgehead atoms. The largest absolute Gasteiger partial charge is 0.481 e. The SMILES string of the molecule is Cc1ccc(CSc2nnc([C@@H](C)Oc3ccc(F)cc3)o2)cc1. The van der Waals surface area contributed by atoms with Crippen LogP contribution in [0.2, 0.25) is 0 Å². The highest BCUT2D eigenvalue weighted by Gasteiger charge is 2.16. The summed E-state index contributed by atoms with van der Waals surface area (Å²) in [6.45, 7) is 3.87. The third-order valence-corrected chi connectivity index (χ3v) is 4.27. The first-order chi connectivity index (χ1) is 11.6. The highest BCUT2D eigenvalue weighted by atomic mass is 32.2. The zero-order valence-corrected chi connectivity index (χ0v) is 14.2. The van der Waals surface area contributed by atoms with Crippen molar-refractivity contribution >= 4 is 11.8 Å². The molecule has 1 heterocycles. The number of aryl methyl sites for hydroxylation is 1. The summed E-state index contributed by atoms with van der Waals surface area (Å²) in [5, 5.41) is 8.55. The van der Waals surface area contributed by atoms with Gasteiger partial charge in [0.05, 0.1) is 0 Å². The maximum atomic E-state index is 12.9. The van der Waals surface area contributed by atoms with E-state index in [9.17, 15) is 4.39 Å². The van der Waals surface area contributed by atoms with Gasteiger partial charge in [-0.1, -0.05) is 41.6 Å². The number of thioether (sulfide) groups is 1. The Morgan fingerprint density at radius 1 is 1.08 bits per heavy atom. The number of rotatable bonds is 6. The van der Waals surface area contributed by atoms with Crippen LogP contribution in [0.4, 0.5) is 4.39 Å². The number of ether oxygens (including phenoxy) is 1. The third-order valence-electron chi connectivity index (χ3n) is 3.38. The first-order valence-corrected chi connectivity index (χ1v) is 8.52. The highest BCUT2D eigenvalue weighted by molar-refractivity contribution is 7.98. The van der Waals surface area contributed by atoms with Gasteiger partial charge in [-0.05, 0) is 43.7 Å². The second-order valence-corrected chi connectivity index (χ2v) is 6.32. The molecule has 0 fully saturated rings. The summed E-state index contributed by atoms with van der Waals surface area (Å²) in [5.41, 5.74) is 2.43. The standard InChI is InChI=1S/C18H17FN2O2S/c1-12-3-5-14(6-4-12)11-24-18-21-20-17(23-18)13(2)22-16-9-7-15(19)8-10-16/h3-10,13H,11H2,1-2H3/t13-/m1/s1. The lowest BCUT2D eigenvalue weighted by Crippen LogP contribution is -2.03. The summed E-state index contributed by atoms with van der Waals surface area (Å²) in [6, 6.07) is 14.1. The minimum atomic E-state index is -0.406. The van der Waals surface area contributed by atoms with Crippen LogP contribution in [0.5, 0.6) is 5.75 Å². The highest BCUT2D eigenvalue weighted by Crippen LogP contribution is 2.26. The fraction of sp³-hybridized carbons (Fsp3) is 0.222. The Morgan fingerprint density at radius 3 is 2.50 bits per heavy atom. The molecule has 0 radical (unpaired) electrons. The lowest BCUT2D eigenvalue weighted by molar-refractivity contribution is 0.181. The van der Waals surface area contributed by atoms with E-state index in [4.69, 9.17) is 9.15 Å². The molecule has 3 rings (SSSR count). The molecular formula is C18H17FN2O2S. The Hall–Kier alpha value is -2.34. The fourth-order valence-electron chi connectivity index (χ4n) is 2.04. The van der Waals surface area contributed by atoms with Crippen LogP contribution in [0.1, 0.15) is 30.0 Å². The topological polar surface area (TPSA) is 48.2 Å². The van der Waals surface area contributed by atoms with Crippen molar-refractivity contribution in [1.82, 2.24) is 10.2 Å². The Kier molecular flexibility index (Phi) is 5.15. The molecule has 0 N–H and O–H groups in total. The second-order valence-electron chi connectivity index (χ2n) is 5.39. The van der Waals surface area contributed by atoms with Gasteiger partial charge >= 0.3 is 0 Å². The van der Waals surface area contributed by atoms with Gasteiger partial charge in [0.15, 0.2) is 6.10 Å². The molecule has 0 unspecified atom stereocenters. The monoisotopic (exact) mass is 344 g/mol.